The Morgan fingerprint density at radius 3 is 3.00 bits per heavy atom. The Morgan fingerprint density at radius 1 is 1.55 bits per heavy atom. The maximum absolute atomic E-state index is 12.6. The standard InChI is InChI=1S/C13H18N4O2S/c1-3-6-17-12(10(19-2)7-15-17)13(18)9-8-20-11(16-9)4-5-14/h7-8H,3-6,14H2,1-2H3. The quantitative estimate of drug-likeness (QED) is 0.782. The molecule has 0 unspecified atom stereocenters. The molecule has 0 atom stereocenters. The lowest BCUT2D eigenvalue weighted by Gasteiger charge is -2.05. The van der Waals surface area contributed by atoms with Crippen LogP contribution in [0.5, 0.6) is 5.75 Å². The van der Waals surface area contributed by atoms with Crippen molar-refractivity contribution in [1.29, 1.82) is 0 Å². The van der Waals surface area contributed by atoms with Gasteiger partial charge in [-0.2, -0.15) is 5.10 Å². The van der Waals surface area contributed by atoms with Crippen LogP contribution < -0.4 is 10.5 Å². The summed E-state index contributed by atoms with van der Waals surface area (Å²) < 4.78 is 6.89. The molecule has 0 aliphatic carbocycles. The van der Waals surface area contributed by atoms with Gasteiger partial charge in [0.1, 0.15) is 5.69 Å². The van der Waals surface area contributed by atoms with Gasteiger partial charge >= 0.3 is 0 Å². The van der Waals surface area contributed by atoms with Crippen molar-refractivity contribution in [2.75, 3.05) is 13.7 Å². The van der Waals surface area contributed by atoms with Crippen molar-refractivity contribution in [3.63, 3.8) is 0 Å². The molecule has 6 nitrogen and oxygen atoms in total. The van der Waals surface area contributed by atoms with Crippen LogP contribution in [0.3, 0.4) is 0 Å². The molecular weight excluding hydrogens is 276 g/mol. The van der Waals surface area contributed by atoms with Crippen molar-refractivity contribution in [3.8, 4) is 5.75 Å². The Morgan fingerprint density at radius 2 is 2.35 bits per heavy atom. The number of aromatic nitrogens is 3. The highest BCUT2D eigenvalue weighted by atomic mass is 32.1. The zero-order valence-corrected chi connectivity index (χ0v) is 12.4. The predicted octanol–water partition coefficient (Wildman–Crippen LogP) is 1.49. The average molecular weight is 294 g/mol. The minimum Gasteiger partial charge on any atom is -0.493 e. The highest BCUT2D eigenvalue weighted by Gasteiger charge is 2.22. The van der Waals surface area contributed by atoms with E-state index in [0.29, 0.717) is 36.6 Å². The van der Waals surface area contributed by atoms with Crippen molar-refractivity contribution in [2.24, 2.45) is 5.73 Å². The van der Waals surface area contributed by atoms with Gasteiger partial charge in [0.2, 0.25) is 5.78 Å². The minimum absolute atomic E-state index is 0.160. The van der Waals surface area contributed by atoms with Crippen LogP contribution in [-0.2, 0) is 13.0 Å². The van der Waals surface area contributed by atoms with Crippen LogP contribution >= 0.6 is 11.3 Å². The molecule has 0 aliphatic rings. The summed E-state index contributed by atoms with van der Waals surface area (Å²) in [4.78, 5) is 16.9. The predicted molar refractivity (Wildman–Crippen MR) is 77.4 cm³/mol. The van der Waals surface area contributed by atoms with Gasteiger partial charge in [0.25, 0.3) is 0 Å². The monoisotopic (exact) mass is 294 g/mol. The number of ether oxygens (including phenoxy) is 1. The number of hydrogen-bond acceptors (Lipinski definition) is 6. The summed E-state index contributed by atoms with van der Waals surface area (Å²) in [7, 11) is 1.53. The molecule has 20 heavy (non-hydrogen) atoms. The molecule has 0 fully saturated rings. The molecule has 0 bridgehead atoms. The smallest absolute Gasteiger partial charge is 0.234 e. The Bertz CT molecular complexity index is 591. The topological polar surface area (TPSA) is 83.0 Å². The van der Waals surface area contributed by atoms with Crippen LogP contribution in [0.1, 0.15) is 34.5 Å². The summed E-state index contributed by atoms with van der Waals surface area (Å²) in [5, 5.41) is 6.82. The van der Waals surface area contributed by atoms with E-state index in [0.717, 1.165) is 11.4 Å². The van der Waals surface area contributed by atoms with Crippen LogP contribution in [0.4, 0.5) is 0 Å². The van der Waals surface area contributed by atoms with E-state index in [1.165, 1.54) is 18.4 Å². The third kappa shape index (κ3) is 2.88. The van der Waals surface area contributed by atoms with Gasteiger partial charge in [0.15, 0.2) is 11.4 Å². The van der Waals surface area contributed by atoms with E-state index in [1.54, 1.807) is 16.3 Å². The van der Waals surface area contributed by atoms with Gasteiger partial charge in [0.05, 0.1) is 18.3 Å². The van der Waals surface area contributed by atoms with E-state index in [9.17, 15) is 4.79 Å². The number of methoxy groups -OCH3 is 1. The molecule has 2 aromatic rings. The molecule has 108 valence electrons. The molecule has 2 aromatic heterocycles. The van der Waals surface area contributed by atoms with Gasteiger partial charge in [-0.05, 0) is 13.0 Å². The van der Waals surface area contributed by atoms with Gasteiger partial charge in [-0.3, -0.25) is 9.48 Å². The molecule has 2 rings (SSSR count). The van der Waals surface area contributed by atoms with Crippen molar-refractivity contribution in [1.82, 2.24) is 14.8 Å². The molecule has 0 saturated heterocycles. The van der Waals surface area contributed by atoms with Gasteiger partial charge < -0.3 is 10.5 Å². The Labute approximate surface area is 121 Å². The number of ketones is 1. The van der Waals surface area contributed by atoms with Gasteiger partial charge in [-0.1, -0.05) is 6.92 Å². The summed E-state index contributed by atoms with van der Waals surface area (Å²) in [6.07, 6.45) is 3.14. The normalized spacial score (nSPS) is 10.8. The number of rotatable bonds is 7. The van der Waals surface area contributed by atoms with Crippen molar-refractivity contribution >= 4 is 17.1 Å². The average Bonchev–Trinajstić information content (AvgIpc) is 3.06. The highest BCUT2D eigenvalue weighted by molar-refractivity contribution is 7.09. The van der Waals surface area contributed by atoms with Crippen LogP contribution in [0.2, 0.25) is 0 Å². The summed E-state index contributed by atoms with van der Waals surface area (Å²) in [5.74, 6) is 0.323. The number of hydrogen-bond donors (Lipinski definition) is 1. The number of nitrogens with two attached hydrogens (primary N) is 1. The van der Waals surface area contributed by atoms with Crippen LogP contribution in [-0.4, -0.2) is 34.2 Å². The summed E-state index contributed by atoms with van der Waals surface area (Å²) in [6, 6.07) is 0. The summed E-state index contributed by atoms with van der Waals surface area (Å²) >= 11 is 1.45. The molecule has 0 aliphatic heterocycles. The first-order valence-electron chi connectivity index (χ1n) is 6.50. The fourth-order valence-electron chi connectivity index (χ4n) is 1.90. The molecule has 0 aromatic carbocycles. The molecular formula is C13H18N4O2S. The second-order valence-electron chi connectivity index (χ2n) is 4.28. The lowest BCUT2D eigenvalue weighted by Crippen LogP contribution is -2.13. The number of nitrogens with zero attached hydrogens (tertiary/aromatic N) is 3. The third-order valence-corrected chi connectivity index (χ3v) is 3.73. The maximum atomic E-state index is 12.6. The fraction of sp³-hybridized carbons (Fsp3) is 0.462. The second kappa shape index (κ2) is 6.62. The minimum atomic E-state index is -0.160. The van der Waals surface area contributed by atoms with Gasteiger partial charge in [-0.15, -0.1) is 11.3 Å². The fourth-order valence-corrected chi connectivity index (χ4v) is 2.70. The maximum Gasteiger partial charge on any atom is 0.234 e. The van der Waals surface area contributed by atoms with Gasteiger partial charge in [-0.25, -0.2) is 4.98 Å². The number of carbonyl (C=O) groups excluding carboxylic acids is 1. The SMILES string of the molecule is CCCn1ncc(OC)c1C(=O)c1csc(CCN)n1. The molecule has 2 heterocycles. The second-order valence-corrected chi connectivity index (χ2v) is 5.22. The zero-order chi connectivity index (χ0) is 14.5. The van der Waals surface area contributed by atoms with Crippen molar-refractivity contribution in [3.05, 3.63) is 28.0 Å². The third-order valence-electron chi connectivity index (χ3n) is 2.82. The molecule has 2 N–H and O–H groups in total. The van der Waals surface area contributed by atoms with Crippen molar-refractivity contribution in [2.45, 2.75) is 26.3 Å². The van der Waals surface area contributed by atoms with E-state index in [4.69, 9.17) is 10.5 Å². The van der Waals surface area contributed by atoms with E-state index in [1.807, 2.05) is 6.92 Å². The Hall–Kier alpha value is -1.73. The summed E-state index contributed by atoms with van der Waals surface area (Å²) in [6.45, 7) is 3.23. The van der Waals surface area contributed by atoms with Gasteiger partial charge in [0, 0.05) is 18.3 Å². The van der Waals surface area contributed by atoms with E-state index in [-0.39, 0.29) is 5.78 Å². The first-order valence-corrected chi connectivity index (χ1v) is 7.38. The molecule has 0 radical (unpaired) electrons. The molecule has 0 saturated carbocycles. The first-order chi connectivity index (χ1) is 9.71. The van der Waals surface area contributed by atoms with Crippen LogP contribution in [0.15, 0.2) is 11.6 Å². The Balaban J connectivity index is 2.33. The zero-order valence-electron chi connectivity index (χ0n) is 11.6. The molecule has 0 spiro atoms. The van der Waals surface area contributed by atoms with E-state index in [2.05, 4.69) is 10.1 Å². The summed E-state index contributed by atoms with van der Waals surface area (Å²) in [5.41, 5.74) is 6.38. The lowest BCUT2D eigenvalue weighted by molar-refractivity contribution is 0.102. The number of thiazole rings is 1. The highest BCUT2D eigenvalue weighted by Crippen LogP contribution is 2.22. The largest absolute Gasteiger partial charge is 0.493 e. The van der Waals surface area contributed by atoms with E-state index < -0.39 is 0 Å². The van der Waals surface area contributed by atoms with E-state index >= 15 is 0 Å². The Kier molecular flexibility index (Phi) is 4.86. The first kappa shape index (κ1) is 14.7. The molecule has 7 heteroatoms. The van der Waals surface area contributed by atoms with Crippen LogP contribution in [0, 0.1) is 0 Å². The lowest BCUT2D eigenvalue weighted by atomic mass is 10.2. The van der Waals surface area contributed by atoms with Crippen LogP contribution in [0.25, 0.3) is 0 Å². The number of carbonyl (C=O) groups is 1. The van der Waals surface area contributed by atoms with Crippen molar-refractivity contribution < 1.29 is 9.53 Å². The number of aryl methyl sites for hydroxylation is 1. The molecule has 0 amide bonds.